The molecule has 6 nitrogen and oxygen atoms in total. The summed E-state index contributed by atoms with van der Waals surface area (Å²) in [6.45, 7) is 4.58. The molecule has 0 aliphatic carbocycles. The van der Waals surface area contributed by atoms with Gasteiger partial charge in [0.25, 0.3) is 0 Å². The first-order chi connectivity index (χ1) is 11.0. The Labute approximate surface area is 144 Å². The van der Waals surface area contributed by atoms with Gasteiger partial charge in [-0.15, -0.1) is 0 Å². The van der Waals surface area contributed by atoms with Gasteiger partial charge in [0.05, 0.1) is 19.6 Å². The van der Waals surface area contributed by atoms with Gasteiger partial charge in [-0.2, -0.15) is 0 Å². The Balaban J connectivity index is 1.73. The van der Waals surface area contributed by atoms with Crippen molar-refractivity contribution in [3.05, 3.63) is 28.2 Å². The number of nitrogens with zero attached hydrogens (tertiary/aromatic N) is 2. The Hall–Kier alpha value is -1.60. The van der Waals surface area contributed by atoms with E-state index in [4.69, 9.17) is 10.5 Å². The Morgan fingerprint density at radius 3 is 2.35 bits per heavy atom. The molecule has 7 heteroatoms. The number of hydrogen-bond donors (Lipinski definition) is 1. The molecule has 1 heterocycles. The highest BCUT2D eigenvalue weighted by atomic mass is 79.9. The van der Waals surface area contributed by atoms with Gasteiger partial charge in [-0.25, -0.2) is 0 Å². The maximum atomic E-state index is 12.2. The van der Waals surface area contributed by atoms with Crippen LogP contribution < -0.4 is 10.5 Å². The predicted octanol–water partition coefficient (Wildman–Crippen LogP) is 1.16. The van der Waals surface area contributed by atoms with Crippen molar-refractivity contribution in [2.45, 2.75) is 13.3 Å². The summed E-state index contributed by atoms with van der Waals surface area (Å²) in [5.41, 5.74) is 6.44. The molecule has 1 aliphatic heterocycles. The zero-order valence-corrected chi connectivity index (χ0v) is 14.8. The van der Waals surface area contributed by atoms with Crippen molar-refractivity contribution < 1.29 is 14.3 Å². The van der Waals surface area contributed by atoms with Gasteiger partial charge in [-0.05, 0) is 30.7 Å². The average molecular weight is 384 g/mol. The molecule has 23 heavy (non-hydrogen) atoms. The van der Waals surface area contributed by atoms with E-state index in [1.807, 2.05) is 25.1 Å². The molecule has 126 valence electrons. The molecule has 0 aromatic heterocycles. The maximum absolute atomic E-state index is 12.2. The highest BCUT2D eigenvalue weighted by Gasteiger charge is 2.23. The summed E-state index contributed by atoms with van der Waals surface area (Å²) in [4.78, 5) is 27.1. The monoisotopic (exact) mass is 383 g/mol. The van der Waals surface area contributed by atoms with Crippen LogP contribution in [0.15, 0.2) is 22.7 Å². The van der Waals surface area contributed by atoms with Crippen molar-refractivity contribution in [2.75, 3.05) is 39.3 Å². The molecule has 2 amide bonds. The van der Waals surface area contributed by atoms with E-state index in [0.717, 1.165) is 15.8 Å². The molecule has 0 saturated carbocycles. The van der Waals surface area contributed by atoms with Crippen LogP contribution in [-0.2, 0) is 9.59 Å². The van der Waals surface area contributed by atoms with E-state index in [1.165, 1.54) is 0 Å². The zero-order chi connectivity index (χ0) is 16.8. The summed E-state index contributed by atoms with van der Waals surface area (Å²) in [6.07, 6.45) is 0.333. The Morgan fingerprint density at radius 1 is 1.17 bits per heavy atom. The van der Waals surface area contributed by atoms with Gasteiger partial charge in [0.15, 0.2) is 0 Å². The van der Waals surface area contributed by atoms with Crippen LogP contribution >= 0.6 is 15.9 Å². The van der Waals surface area contributed by atoms with Gasteiger partial charge in [0.1, 0.15) is 5.75 Å². The van der Waals surface area contributed by atoms with Crippen molar-refractivity contribution >= 4 is 27.7 Å². The minimum absolute atomic E-state index is 0.0222. The van der Waals surface area contributed by atoms with Gasteiger partial charge >= 0.3 is 0 Å². The Morgan fingerprint density at radius 2 is 1.78 bits per heavy atom. The first kappa shape index (κ1) is 17.7. The number of carbonyl (C=O) groups excluding carboxylic acids is 2. The fourth-order valence-electron chi connectivity index (χ4n) is 2.46. The van der Waals surface area contributed by atoms with Crippen molar-refractivity contribution in [1.29, 1.82) is 0 Å². The van der Waals surface area contributed by atoms with Crippen LogP contribution in [0.3, 0.4) is 0 Å². The van der Waals surface area contributed by atoms with E-state index in [9.17, 15) is 9.59 Å². The normalized spacial score (nSPS) is 14.7. The maximum Gasteiger partial charge on any atom is 0.236 e. The van der Waals surface area contributed by atoms with E-state index in [0.29, 0.717) is 39.2 Å². The number of carbonyl (C=O) groups is 2. The lowest BCUT2D eigenvalue weighted by molar-refractivity contribution is -0.139. The Kier molecular flexibility index (Phi) is 6.41. The zero-order valence-electron chi connectivity index (χ0n) is 13.3. The number of ether oxygens (including phenoxy) is 1. The molecule has 2 N–H and O–H groups in total. The van der Waals surface area contributed by atoms with Gasteiger partial charge in [-0.3, -0.25) is 9.59 Å². The predicted molar refractivity (Wildman–Crippen MR) is 91.2 cm³/mol. The molecule has 1 fully saturated rings. The average Bonchev–Trinajstić information content (AvgIpc) is 2.57. The minimum Gasteiger partial charge on any atom is -0.493 e. The van der Waals surface area contributed by atoms with Crippen LogP contribution in [0.1, 0.15) is 12.0 Å². The Bertz CT molecular complexity index is 572. The molecule has 0 spiro atoms. The van der Waals surface area contributed by atoms with Crippen LogP contribution in [0, 0.1) is 6.92 Å². The van der Waals surface area contributed by atoms with E-state index >= 15 is 0 Å². The lowest BCUT2D eigenvalue weighted by Gasteiger charge is -2.34. The number of hydrogen-bond acceptors (Lipinski definition) is 4. The molecule has 0 radical (unpaired) electrons. The summed E-state index contributed by atoms with van der Waals surface area (Å²) in [6, 6.07) is 5.74. The largest absolute Gasteiger partial charge is 0.493 e. The second-order valence-electron chi connectivity index (χ2n) is 5.48. The summed E-state index contributed by atoms with van der Waals surface area (Å²) >= 11 is 3.44. The molecular formula is C16H22BrN3O3. The smallest absolute Gasteiger partial charge is 0.236 e. The number of rotatable bonds is 5. The number of piperazine rings is 1. The van der Waals surface area contributed by atoms with Crippen LogP contribution in [0.4, 0.5) is 0 Å². The summed E-state index contributed by atoms with van der Waals surface area (Å²) in [5, 5.41) is 0. The SMILES string of the molecule is Cc1cc(OCCC(=O)N2CCN(C(=O)CN)CC2)ccc1Br. The summed E-state index contributed by atoms with van der Waals surface area (Å²) < 4.78 is 6.66. The van der Waals surface area contributed by atoms with E-state index in [1.54, 1.807) is 9.80 Å². The third-order valence-electron chi connectivity index (χ3n) is 3.87. The molecule has 1 aliphatic rings. The van der Waals surface area contributed by atoms with Gasteiger partial charge < -0.3 is 20.3 Å². The van der Waals surface area contributed by atoms with Crippen molar-refractivity contribution in [2.24, 2.45) is 5.73 Å². The number of benzene rings is 1. The fourth-order valence-corrected chi connectivity index (χ4v) is 2.70. The second-order valence-corrected chi connectivity index (χ2v) is 6.33. The van der Waals surface area contributed by atoms with Crippen LogP contribution in [0.25, 0.3) is 0 Å². The molecule has 1 saturated heterocycles. The first-order valence-corrected chi connectivity index (χ1v) is 8.45. The molecule has 0 bridgehead atoms. The third kappa shape index (κ3) is 4.94. The van der Waals surface area contributed by atoms with Crippen LogP contribution in [-0.4, -0.2) is 60.9 Å². The number of aryl methyl sites for hydroxylation is 1. The number of amides is 2. The highest BCUT2D eigenvalue weighted by Crippen LogP contribution is 2.21. The standard InChI is InChI=1S/C16H22BrN3O3/c1-12-10-13(2-3-14(12)17)23-9-4-15(21)19-5-7-20(8-6-19)16(22)11-18/h2-3,10H,4-9,11,18H2,1H3. The number of nitrogens with two attached hydrogens (primary N) is 1. The molecule has 1 aromatic carbocycles. The third-order valence-corrected chi connectivity index (χ3v) is 4.76. The second kappa shape index (κ2) is 8.31. The summed E-state index contributed by atoms with van der Waals surface area (Å²) in [5.74, 6) is 0.751. The quantitative estimate of drug-likeness (QED) is 0.827. The molecular weight excluding hydrogens is 362 g/mol. The van der Waals surface area contributed by atoms with Crippen molar-refractivity contribution in [3.63, 3.8) is 0 Å². The van der Waals surface area contributed by atoms with Crippen molar-refractivity contribution in [3.8, 4) is 5.75 Å². The first-order valence-electron chi connectivity index (χ1n) is 7.66. The van der Waals surface area contributed by atoms with Crippen LogP contribution in [0.5, 0.6) is 5.75 Å². The molecule has 1 aromatic rings. The topological polar surface area (TPSA) is 75.9 Å². The molecule has 0 unspecified atom stereocenters. The van der Waals surface area contributed by atoms with E-state index in [-0.39, 0.29) is 18.4 Å². The van der Waals surface area contributed by atoms with Gasteiger partial charge in [0.2, 0.25) is 11.8 Å². The van der Waals surface area contributed by atoms with Gasteiger partial charge in [0, 0.05) is 30.7 Å². The van der Waals surface area contributed by atoms with E-state index in [2.05, 4.69) is 15.9 Å². The minimum atomic E-state index is -0.0639. The van der Waals surface area contributed by atoms with Gasteiger partial charge in [-0.1, -0.05) is 15.9 Å². The summed E-state index contributed by atoms with van der Waals surface area (Å²) in [7, 11) is 0. The van der Waals surface area contributed by atoms with E-state index < -0.39 is 0 Å². The fraction of sp³-hybridized carbons (Fsp3) is 0.500. The van der Waals surface area contributed by atoms with Crippen molar-refractivity contribution in [1.82, 2.24) is 9.80 Å². The highest BCUT2D eigenvalue weighted by molar-refractivity contribution is 9.10. The lowest BCUT2D eigenvalue weighted by atomic mass is 10.2. The molecule has 2 rings (SSSR count). The lowest BCUT2D eigenvalue weighted by Crippen LogP contribution is -2.52. The molecule has 0 atom stereocenters. The number of halogens is 1. The van der Waals surface area contributed by atoms with Crippen LogP contribution in [0.2, 0.25) is 0 Å².